The Hall–Kier alpha value is -1.95. The summed E-state index contributed by atoms with van der Waals surface area (Å²) in [6.07, 6.45) is 7.31. The lowest BCUT2D eigenvalue weighted by atomic mass is 10.1. The number of ether oxygens (including phenoxy) is 1. The Morgan fingerprint density at radius 2 is 2.04 bits per heavy atom. The third kappa shape index (κ3) is 3.15. The topological polar surface area (TPSA) is 56.1 Å². The fraction of sp³-hybridized carbons (Fsp3) is 0.611. The van der Waals surface area contributed by atoms with E-state index >= 15 is 0 Å². The highest BCUT2D eigenvalue weighted by Gasteiger charge is 2.30. The molecule has 2 aromatic heterocycles. The third-order valence-electron chi connectivity index (χ3n) is 5.34. The Morgan fingerprint density at radius 3 is 2.83 bits per heavy atom. The summed E-state index contributed by atoms with van der Waals surface area (Å²) in [5.41, 5.74) is 0. The van der Waals surface area contributed by atoms with Gasteiger partial charge in [-0.1, -0.05) is 18.9 Å². The Labute approximate surface area is 142 Å². The molecule has 0 aromatic carbocycles. The van der Waals surface area contributed by atoms with Crippen LogP contribution in [-0.4, -0.2) is 37.7 Å². The molecule has 0 bridgehead atoms. The van der Waals surface area contributed by atoms with Crippen molar-refractivity contribution >= 4 is 0 Å². The minimum absolute atomic E-state index is 0.329. The minimum Gasteiger partial charge on any atom is -0.469 e. The van der Waals surface area contributed by atoms with Crippen molar-refractivity contribution in [2.45, 2.75) is 51.8 Å². The molecule has 128 valence electrons. The Bertz CT molecular complexity index is 665. The van der Waals surface area contributed by atoms with Crippen LogP contribution in [0.3, 0.4) is 0 Å². The first kappa shape index (κ1) is 15.6. The van der Waals surface area contributed by atoms with Crippen molar-refractivity contribution < 1.29 is 4.74 Å². The molecule has 0 N–H and O–H groups in total. The lowest BCUT2D eigenvalue weighted by molar-refractivity contribution is 0.137. The van der Waals surface area contributed by atoms with E-state index in [0.717, 1.165) is 30.7 Å². The predicted octanol–water partition coefficient (Wildman–Crippen LogP) is 2.82. The zero-order valence-corrected chi connectivity index (χ0v) is 14.3. The van der Waals surface area contributed by atoms with Gasteiger partial charge in [-0.05, 0) is 31.7 Å². The Morgan fingerprint density at radius 1 is 1.17 bits per heavy atom. The van der Waals surface area contributed by atoms with Gasteiger partial charge in [-0.15, -0.1) is 10.2 Å². The number of pyridine rings is 1. The van der Waals surface area contributed by atoms with Gasteiger partial charge < -0.3 is 9.30 Å². The van der Waals surface area contributed by atoms with Crippen molar-refractivity contribution in [3.05, 3.63) is 36.0 Å². The predicted molar refractivity (Wildman–Crippen MR) is 90.5 cm³/mol. The summed E-state index contributed by atoms with van der Waals surface area (Å²) in [6.45, 7) is 5.88. The van der Waals surface area contributed by atoms with Gasteiger partial charge in [0.25, 0.3) is 0 Å². The van der Waals surface area contributed by atoms with Gasteiger partial charge in [-0.2, -0.15) is 0 Å². The van der Waals surface area contributed by atoms with Gasteiger partial charge in [0.05, 0.1) is 6.04 Å². The quantitative estimate of drug-likeness (QED) is 0.845. The molecular weight excluding hydrogens is 302 g/mol. The normalized spacial score (nSPS) is 21.8. The first-order chi connectivity index (χ1) is 11.8. The van der Waals surface area contributed by atoms with E-state index in [9.17, 15) is 0 Å². The molecule has 1 aliphatic heterocycles. The van der Waals surface area contributed by atoms with Crippen LogP contribution in [0.2, 0.25) is 0 Å². The summed E-state index contributed by atoms with van der Waals surface area (Å²) in [6, 6.07) is 5.99. The van der Waals surface area contributed by atoms with E-state index in [1.807, 2.05) is 18.2 Å². The average Bonchev–Trinajstić information content (AvgIpc) is 3.26. The molecule has 0 unspecified atom stereocenters. The smallest absolute Gasteiger partial charge is 0.213 e. The van der Waals surface area contributed by atoms with Gasteiger partial charge >= 0.3 is 0 Å². The van der Waals surface area contributed by atoms with Crippen molar-refractivity contribution in [1.82, 2.24) is 24.6 Å². The van der Waals surface area contributed by atoms with Crippen LogP contribution in [-0.2, 0) is 13.2 Å². The maximum Gasteiger partial charge on any atom is 0.213 e. The zero-order valence-electron chi connectivity index (χ0n) is 14.3. The molecule has 1 fully saturated rings. The van der Waals surface area contributed by atoms with E-state index in [4.69, 9.17) is 4.74 Å². The summed E-state index contributed by atoms with van der Waals surface area (Å²) < 4.78 is 7.96. The number of nitrogens with zero attached hydrogens (tertiary/aromatic N) is 5. The maximum atomic E-state index is 5.74. The monoisotopic (exact) mass is 327 g/mol. The highest BCUT2D eigenvalue weighted by molar-refractivity contribution is 5.10. The molecule has 6 nitrogen and oxygen atoms in total. The van der Waals surface area contributed by atoms with Crippen molar-refractivity contribution in [1.29, 1.82) is 0 Å². The highest BCUT2D eigenvalue weighted by atomic mass is 16.5. The van der Waals surface area contributed by atoms with Crippen molar-refractivity contribution in [2.75, 3.05) is 13.1 Å². The molecule has 2 aliphatic rings. The van der Waals surface area contributed by atoms with Gasteiger partial charge in [0.1, 0.15) is 12.4 Å². The molecule has 1 aliphatic carbocycles. The summed E-state index contributed by atoms with van der Waals surface area (Å²) in [5.74, 6) is 3.46. The lowest BCUT2D eigenvalue weighted by Gasteiger charge is -2.35. The van der Waals surface area contributed by atoms with Crippen LogP contribution in [0, 0.1) is 5.92 Å². The van der Waals surface area contributed by atoms with Crippen molar-refractivity contribution in [3.8, 4) is 5.88 Å². The number of fused-ring (bicyclic) bond motifs is 1. The summed E-state index contributed by atoms with van der Waals surface area (Å²) in [5, 5.41) is 8.81. The van der Waals surface area contributed by atoms with E-state index in [-0.39, 0.29) is 0 Å². The number of hydrogen-bond donors (Lipinski definition) is 0. The molecule has 24 heavy (non-hydrogen) atoms. The van der Waals surface area contributed by atoms with Crippen LogP contribution < -0.4 is 4.74 Å². The first-order valence-electron chi connectivity index (χ1n) is 9.01. The van der Waals surface area contributed by atoms with Gasteiger partial charge in [0.15, 0.2) is 5.82 Å². The second kappa shape index (κ2) is 6.89. The fourth-order valence-corrected chi connectivity index (χ4v) is 3.94. The maximum absolute atomic E-state index is 5.74. The van der Waals surface area contributed by atoms with Gasteiger partial charge in [0.2, 0.25) is 5.88 Å². The standard InChI is InChI=1S/C18H25N5O/c1-14-18-21-20-16(13-24-17-8-4-5-9-19-17)23(18)11-10-22(14)12-15-6-2-3-7-15/h4-5,8-9,14-15H,2-3,6-7,10-13H2,1H3/t14-/m0/s1. The van der Waals surface area contributed by atoms with Crippen LogP contribution in [0.25, 0.3) is 0 Å². The summed E-state index contributed by atoms with van der Waals surface area (Å²) >= 11 is 0. The highest BCUT2D eigenvalue weighted by Crippen LogP contribution is 2.30. The summed E-state index contributed by atoms with van der Waals surface area (Å²) in [4.78, 5) is 6.76. The van der Waals surface area contributed by atoms with E-state index < -0.39 is 0 Å². The molecule has 0 saturated heterocycles. The molecule has 1 saturated carbocycles. The molecule has 1 atom stereocenters. The Kier molecular flexibility index (Phi) is 4.47. The van der Waals surface area contributed by atoms with Gasteiger partial charge in [0, 0.05) is 31.9 Å². The lowest BCUT2D eigenvalue weighted by Crippen LogP contribution is -2.40. The zero-order chi connectivity index (χ0) is 16.4. The fourth-order valence-electron chi connectivity index (χ4n) is 3.94. The van der Waals surface area contributed by atoms with Gasteiger partial charge in [-0.25, -0.2) is 4.98 Å². The van der Waals surface area contributed by atoms with Crippen LogP contribution in [0.5, 0.6) is 5.88 Å². The van der Waals surface area contributed by atoms with Gasteiger partial charge in [-0.3, -0.25) is 4.90 Å². The molecule has 0 radical (unpaired) electrons. The SMILES string of the molecule is C[C@H]1c2nnc(COc3ccccn3)n2CCN1CC1CCCC1. The average molecular weight is 327 g/mol. The molecule has 3 heterocycles. The van der Waals surface area contributed by atoms with Crippen molar-refractivity contribution in [2.24, 2.45) is 5.92 Å². The number of aromatic nitrogens is 4. The summed E-state index contributed by atoms with van der Waals surface area (Å²) in [7, 11) is 0. The van der Waals surface area contributed by atoms with Crippen LogP contribution in [0.1, 0.15) is 50.3 Å². The number of rotatable bonds is 5. The molecule has 0 spiro atoms. The van der Waals surface area contributed by atoms with E-state index in [0.29, 0.717) is 18.5 Å². The largest absolute Gasteiger partial charge is 0.469 e. The van der Waals surface area contributed by atoms with Crippen molar-refractivity contribution in [3.63, 3.8) is 0 Å². The Balaban J connectivity index is 1.42. The number of hydrogen-bond acceptors (Lipinski definition) is 5. The molecule has 0 amide bonds. The first-order valence-corrected chi connectivity index (χ1v) is 9.01. The van der Waals surface area contributed by atoms with E-state index in [1.54, 1.807) is 6.20 Å². The van der Waals surface area contributed by atoms with Crippen LogP contribution >= 0.6 is 0 Å². The minimum atomic E-state index is 0.329. The van der Waals surface area contributed by atoms with Crippen LogP contribution in [0.4, 0.5) is 0 Å². The molecule has 6 heteroatoms. The third-order valence-corrected chi connectivity index (χ3v) is 5.34. The van der Waals surface area contributed by atoms with E-state index in [1.165, 1.54) is 32.2 Å². The van der Waals surface area contributed by atoms with E-state index in [2.05, 4.69) is 31.6 Å². The second-order valence-electron chi connectivity index (χ2n) is 6.90. The second-order valence-corrected chi connectivity index (χ2v) is 6.90. The molecule has 2 aromatic rings. The molecule has 4 rings (SSSR count). The molecular formula is C18H25N5O. The van der Waals surface area contributed by atoms with Crippen LogP contribution in [0.15, 0.2) is 24.4 Å².